The lowest BCUT2D eigenvalue weighted by molar-refractivity contribution is 0.402. The quantitative estimate of drug-likeness (QED) is 0.811. The molecule has 0 aliphatic heterocycles. The van der Waals surface area contributed by atoms with Crippen LogP contribution in [0.25, 0.3) is 16.7 Å². The molecule has 0 aliphatic rings. The molecule has 24 heavy (non-hydrogen) atoms. The summed E-state index contributed by atoms with van der Waals surface area (Å²) >= 11 is 0. The number of aryl methyl sites for hydroxylation is 1. The Morgan fingerprint density at radius 2 is 1.92 bits per heavy atom. The van der Waals surface area contributed by atoms with E-state index >= 15 is 0 Å². The van der Waals surface area contributed by atoms with Gasteiger partial charge in [0.05, 0.1) is 0 Å². The van der Waals surface area contributed by atoms with Crippen LogP contribution < -0.4 is 5.43 Å². The van der Waals surface area contributed by atoms with Gasteiger partial charge in [0.25, 0.3) is 0 Å². The van der Waals surface area contributed by atoms with Gasteiger partial charge in [0.15, 0.2) is 5.75 Å². The molecule has 2 rings (SSSR count). The highest BCUT2D eigenvalue weighted by molar-refractivity contribution is 5.79. The van der Waals surface area contributed by atoms with Crippen LogP contribution in [0.15, 0.2) is 72.1 Å². The summed E-state index contributed by atoms with van der Waals surface area (Å²) in [4.78, 5) is 11.7. The van der Waals surface area contributed by atoms with Gasteiger partial charge in [-0.3, -0.25) is 4.79 Å². The van der Waals surface area contributed by atoms with Crippen molar-refractivity contribution >= 4 is 5.57 Å². The number of hydrogen-bond donors (Lipinski definition) is 2. The van der Waals surface area contributed by atoms with Gasteiger partial charge < -0.3 is 10.2 Å². The van der Waals surface area contributed by atoms with Gasteiger partial charge >= 0.3 is 0 Å². The number of rotatable bonds is 4. The second-order valence-electron chi connectivity index (χ2n) is 5.42. The summed E-state index contributed by atoms with van der Waals surface area (Å²) in [5, 5.41) is 19.5. The number of allylic oxidation sites excluding steroid dienone is 5. The first-order chi connectivity index (χ1) is 11.5. The molecule has 0 heterocycles. The molecule has 3 nitrogen and oxygen atoms in total. The van der Waals surface area contributed by atoms with Crippen LogP contribution in [0.5, 0.6) is 11.5 Å². The summed E-state index contributed by atoms with van der Waals surface area (Å²) in [6.45, 7) is 7.55. The van der Waals surface area contributed by atoms with Crippen LogP contribution in [0.3, 0.4) is 0 Å². The highest BCUT2D eigenvalue weighted by Crippen LogP contribution is 2.30. The highest BCUT2D eigenvalue weighted by atomic mass is 16.3. The predicted octanol–water partition coefficient (Wildman–Crippen LogP) is 4.58. The van der Waals surface area contributed by atoms with E-state index < -0.39 is 16.9 Å². The van der Waals surface area contributed by atoms with Crippen LogP contribution in [-0.2, 0) is 0 Å². The van der Waals surface area contributed by atoms with E-state index in [1.165, 1.54) is 12.1 Å². The van der Waals surface area contributed by atoms with E-state index in [1.807, 2.05) is 49.4 Å². The fourth-order valence-electron chi connectivity index (χ4n) is 2.45. The maximum Gasteiger partial charge on any atom is 0.224 e. The molecule has 0 unspecified atom stereocenters. The molecule has 2 aromatic rings. The fraction of sp³-hybridized carbons (Fsp3) is 0.0952. The van der Waals surface area contributed by atoms with E-state index in [-0.39, 0.29) is 0 Å². The second-order valence-corrected chi connectivity index (χ2v) is 5.42. The molecule has 0 radical (unpaired) electrons. The summed E-state index contributed by atoms with van der Waals surface area (Å²) < 4.78 is 0. The van der Waals surface area contributed by atoms with E-state index in [0.717, 1.165) is 16.7 Å². The highest BCUT2D eigenvalue weighted by Gasteiger charge is 2.09. The lowest BCUT2D eigenvalue weighted by Gasteiger charge is -2.07. The summed E-state index contributed by atoms with van der Waals surface area (Å²) in [5.74, 6) is -1.07. The van der Waals surface area contributed by atoms with Gasteiger partial charge in [0.2, 0.25) is 11.2 Å². The molecule has 122 valence electrons. The van der Waals surface area contributed by atoms with Crippen molar-refractivity contribution in [3.63, 3.8) is 0 Å². The minimum absolute atomic E-state index is 0.429. The zero-order valence-corrected chi connectivity index (χ0v) is 13.8. The molecule has 2 aromatic carbocycles. The molecule has 0 aliphatic carbocycles. The SMILES string of the molecule is C=C/C(=C\C=C/C)c1cccc(-c2cc(O)c(O)c(=O)cc2C)c1. The van der Waals surface area contributed by atoms with Crippen molar-refractivity contribution < 1.29 is 10.2 Å². The van der Waals surface area contributed by atoms with Gasteiger partial charge in [0.1, 0.15) is 0 Å². The van der Waals surface area contributed by atoms with Crippen LogP contribution in [0, 0.1) is 6.92 Å². The maximum absolute atomic E-state index is 11.7. The van der Waals surface area contributed by atoms with Crippen molar-refractivity contribution in [3.8, 4) is 22.6 Å². The molecule has 0 fully saturated rings. The molecule has 0 aromatic heterocycles. The Morgan fingerprint density at radius 3 is 2.58 bits per heavy atom. The molecule has 0 bridgehead atoms. The minimum atomic E-state index is -0.639. The third-order valence-electron chi connectivity index (χ3n) is 3.72. The van der Waals surface area contributed by atoms with Crippen LogP contribution in [0.1, 0.15) is 18.1 Å². The Bertz CT molecular complexity index is 890. The zero-order valence-electron chi connectivity index (χ0n) is 13.8. The molecule has 3 heteroatoms. The summed E-state index contributed by atoms with van der Waals surface area (Å²) in [6, 6.07) is 10.5. The molecule has 0 amide bonds. The van der Waals surface area contributed by atoms with Crippen molar-refractivity contribution in [3.05, 3.63) is 88.6 Å². The minimum Gasteiger partial charge on any atom is -0.504 e. The van der Waals surface area contributed by atoms with E-state index in [4.69, 9.17) is 0 Å². The Balaban J connectivity index is 2.66. The Morgan fingerprint density at radius 1 is 1.17 bits per heavy atom. The van der Waals surface area contributed by atoms with E-state index in [2.05, 4.69) is 6.58 Å². The van der Waals surface area contributed by atoms with Crippen molar-refractivity contribution in [1.82, 2.24) is 0 Å². The Labute approximate surface area is 141 Å². The van der Waals surface area contributed by atoms with Crippen LogP contribution in [0.4, 0.5) is 0 Å². The van der Waals surface area contributed by atoms with Gasteiger partial charge in [-0.15, -0.1) is 0 Å². The molecule has 0 spiro atoms. The molecule has 0 atom stereocenters. The first kappa shape index (κ1) is 17.3. The average Bonchev–Trinajstić information content (AvgIpc) is 2.67. The number of hydrogen-bond acceptors (Lipinski definition) is 3. The van der Waals surface area contributed by atoms with Gasteiger partial charge in [0, 0.05) is 0 Å². The van der Waals surface area contributed by atoms with Crippen molar-refractivity contribution in [1.29, 1.82) is 0 Å². The van der Waals surface area contributed by atoms with Crippen LogP contribution in [-0.4, -0.2) is 10.2 Å². The number of benzene rings is 1. The molecular formula is C21H20O3. The van der Waals surface area contributed by atoms with Crippen LogP contribution in [0.2, 0.25) is 0 Å². The standard InChI is InChI=1S/C21H20O3/c1-4-6-8-15(5-2)16-9-7-10-17(12-16)18-13-20(23)21(24)19(22)11-14(18)3/h4-13H,2H2,1,3H3,(H2,22,23,24)/b6-4-,15-8+. The third-order valence-corrected chi connectivity index (χ3v) is 3.72. The molecule has 0 saturated heterocycles. The summed E-state index contributed by atoms with van der Waals surface area (Å²) in [7, 11) is 0. The molecular weight excluding hydrogens is 300 g/mol. The predicted molar refractivity (Wildman–Crippen MR) is 99.2 cm³/mol. The number of aromatic hydroxyl groups is 2. The Kier molecular flexibility index (Phi) is 5.38. The monoisotopic (exact) mass is 320 g/mol. The second kappa shape index (κ2) is 7.47. The first-order valence-electron chi connectivity index (χ1n) is 7.61. The Hall–Kier alpha value is -3.07. The third kappa shape index (κ3) is 3.63. The van der Waals surface area contributed by atoms with E-state index in [0.29, 0.717) is 11.1 Å². The van der Waals surface area contributed by atoms with E-state index in [9.17, 15) is 15.0 Å². The smallest absolute Gasteiger partial charge is 0.224 e. The lowest BCUT2D eigenvalue weighted by atomic mass is 9.97. The fourth-order valence-corrected chi connectivity index (χ4v) is 2.45. The van der Waals surface area contributed by atoms with Gasteiger partial charge in [-0.2, -0.15) is 0 Å². The van der Waals surface area contributed by atoms with E-state index in [1.54, 1.807) is 13.0 Å². The normalized spacial score (nSPS) is 11.7. The molecule has 0 saturated carbocycles. The largest absolute Gasteiger partial charge is 0.504 e. The van der Waals surface area contributed by atoms with Crippen molar-refractivity contribution in [2.24, 2.45) is 0 Å². The van der Waals surface area contributed by atoms with Gasteiger partial charge in [-0.25, -0.2) is 0 Å². The maximum atomic E-state index is 11.7. The van der Waals surface area contributed by atoms with Crippen LogP contribution >= 0.6 is 0 Å². The summed E-state index contributed by atoms with van der Waals surface area (Å²) in [6.07, 6.45) is 7.61. The zero-order chi connectivity index (χ0) is 17.7. The van der Waals surface area contributed by atoms with Crippen molar-refractivity contribution in [2.75, 3.05) is 0 Å². The summed E-state index contributed by atoms with van der Waals surface area (Å²) in [5.41, 5.74) is 3.52. The topological polar surface area (TPSA) is 57.5 Å². The average molecular weight is 320 g/mol. The van der Waals surface area contributed by atoms with Crippen molar-refractivity contribution in [2.45, 2.75) is 13.8 Å². The first-order valence-corrected chi connectivity index (χ1v) is 7.61. The molecule has 2 N–H and O–H groups in total. The van der Waals surface area contributed by atoms with Gasteiger partial charge in [-0.05, 0) is 59.9 Å². The van der Waals surface area contributed by atoms with Gasteiger partial charge in [-0.1, -0.05) is 49.1 Å². The lowest BCUT2D eigenvalue weighted by Crippen LogP contribution is -1.94.